The zero-order valence-corrected chi connectivity index (χ0v) is 38.3. The van der Waals surface area contributed by atoms with Gasteiger partial charge in [0.05, 0.1) is 34.4 Å². The van der Waals surface area contributed by atoms with Gasteiger partial charge in [0.25, 0.3) is 7.82 Å². The minimum absolute atomic E-state index is 0.0315. The smallest absolute Gasteiger partial charge is 0.306 e. The number of hydrogen-bond donors (Lipinski definition) is 0. The molecular weight excluding hydrogens is 709 g/mol. The molecule has 0 saturated carbocycles. The van der Waals surface area contributed by atoms with Crippen LogP contribution in [0.15, 0.2) is 0 Å². The van der Waals surface area contributed by atoms with Crippen LogP contribution in [0, 0.1) is 0 Å². The fraction of sp³-hybridized carbons (Fsp3) is 0.978. The Morgan fingerprint density at radius 3 is 1.20 bits per heavy atom. The average molecular weight is 804 g/mol. The molecule has 0 amide bonds. The maximum atomic E-state index is 12.7. The van der Waals surface area contributed by atoms with Crippen molar-refractivity contribution >= 4 is 13.8 Å². The van der Waals surface area contributed by atoms with Gasteiger partial charge in [-0.15, -0.1) is 0 Å². The van der Waals surface area contributed by atoms with E-state index in [0.29, 0.717) is 24.1 Å². The van der Waals surface area contributed by atoms with E-state index in [1.807, 2.05) is 21.1 Å². The highest BCUT2D eigenvalue weighted by molar-refractivity contribution is 7.45. The molecule has 0 aliphatic carbocycles. The van der Waals surface area contributed by atoms with Crippen LogP contribution in [0.2, 0.25) is 0 Å². The van der Waals surface area contributed by atoms with Gasteiger partial charge in [-0.3, -0.25) is 9.36 Å². The largest absolute Gasteiger partial charge is 0.756 e. The first-order chi connectivity index (χ1) is 26.6. The van der Waals surface area contributed by atoms with E-state index in [9.17, 15) is 14.3 Å². The Balaban J connectivity index is 4.12. The van der Waals surface area contributed by atoms with Crippen LogP contribution in [0.4, 0.5) is 0 Å². The molecule has 0 aromatic rings. The number of ether oxygens (including phenoxy) is 2. The van der Waals surface area contributed by atoms with Gasteiger partial charge in [-0.05, 0) is 12.8 Å². The van der Waals surface area contributed by atoms with Crippen LogP contribution >= 0.6 is 7.82 Å². The Labute approximate surface area is 342 Å². The van der Waals surface area contributed by atoms with Crippen molar-refractivity contribution < 1.29 is 37.3 Å². The van der Waals surface area contributed by atoms with Gasteiger partial charge in [-0.2, -0.15) is 0 Å². The highest BCUT2D eigenvalue weighted by Gasteiger charge is 2.20. The van der Waals surface area contributed by atoms with E-state index >= 15 is 0 Å². The minimum atomic E-state index is -4.52. The lowest BCUT2D eigenvalue weighted by molar-refractivity contribution is -0.870. The molecule has 330 valence electrons. The summed E-state index contributed by atoms with van der Waals surface area (Å²) >= 11 is 0. The summed E-state index contributed by atoms with van der Waals surface area (Å²) in [4.78, 5) is 25.1. The molecule has 0 aromatic carbocycles. The third kappa shape index (κ3) is 44.4. The van der Waals surface area contributed by atoms with Gasteiger partial charge in [0.15, 0.2) is 0 Å². The Bertz CT molecular complexity index is 853. The van der Waals surface area contributed by atoms with Gasteiger partial charge >= 0.3 is 5.97 Å². The summed E-state index contributed by atoms with van der Waals surface area (Å²) in [5.41, 5.74) is 0. The van der Waals surface area contributed by atoms with Crippen LogP contribution in [0.3, 0.4) is 0 Å². The maximum Gasteiger partial charge on any atom is 0.306 e. The fourth-order valence-electron chi connectivity index (χ4n) is 6.96. The van der Waals surface area contributed by atoms with Crippen molar-refractivity contribution in [1.29, 1.82) is 0 Å². The zero-order valence-electron chi connectivity index (χ0n) is 37.4. The Morgan fingerprint density at radius 1 is 0.491 bits per heavy atom. The molecule has 0 aliphatic rings. The van der Waals surface area contributed by atoms with Crippen molar-refractivity contribution in [3.63, 3.8) is 0 Å². The first-order valence-electron chi connectivity index (χ1n) is 23.8. The highest BCUT2D eigenvalue weighted by Crippen LogP contribution is 2.38. The van der Waals surface area contributed by atoms with Crippen LogP contribution in [0.5, 0.6) is 0 Å². The zero-order chi connectivity index (χ0) is 40.6. The molecule has 55 heavy (non-hydrogen) atoms. The van der Waals surface area contributed by atoms with Gasteiger partial charge in [0.1, 0.15) is 19.3 Å². The summed E-state index contributed by atoms with van der Waals surface area (Å²) in [6.07, 6.45) is 42.5. The van der Waals surface area contributed by atoms with Gasteiger partial charge in [-0.1, -0.05) is 213 Å². The minimum Gasteiger partial charge on any atom is -0.756 e. The molecule has 2 unspecified atom stereocenters. The number of carbonyl (C=O) groups excluding carboxylic acids is 1. The number of rotatable bonds is 45. The normalized spacial score (nSPS) is 13.6. The van der Waals surface area contributed by atoms with Crippen molar-refractivity contribution in [3.8, 4) is 0 Å². The van der Waals surface area contributed by atoms with Crippen molar-refractivity contribution in [2.45, 2.75) is 238 Å². The number of carbonyl (C=O) groups is 1. The summed E-state index contributed by atoms with van der Waals surface area (Å²) in [6, 6.07) is 0. The summed E-state index contributed by atoms with van der Waals surface area (Å²) in [5, 5.41) is 0. The van der Waals surface area contributed by atoms with E-state index in [2.05, 4.69) is 13.8 Å². The van der Waals surface area contributed by atoms with E-state index in [4.69, 9.17) is 18.5 Å². The van der Waals surface area contributed by atoms with E-state index in [-0.39, 0.29) is 25.8 Å². The number of unbranched alkanes of at least 4 members (excludes halogenated alkanes) is 31. The highest BCUT2D eigenvalue weighted by atomic mass is 31.2. The third-order valence-electron chi connectivity index (χ3n) is 10.7. The summed E-state index contributed by atoms with van der Waals surface area (Å²) < 4.78 is 34.7. The first-order valence-corrected chi connectivity index (χ1v) is 25.2. The molecule has 9 heteroatoms. The van der Waals surface area contributed by atoms with Crippen molar-refractivity contribution in [2.24, 2.45) is 0 Å². The predicted molar refractivity (Wildman–Crippen MR) is 231 cm³/mol. The standard InChI is InChI=1S/C46H94NO7P/c1-6-8-10-12-14-16-18-20-22-23-24-25-26-27-29-31-33-35-37-39-46(48)54-45(44-53-55(49,50)52-42-40-47(3,4)5)43-51-41-38-36-34-32-30-28-21-19-17-15-13-11-9-7-2/h45H,6-44H2,1-5H3. The summed E-state index contributed by atoms with van der Waals surface area (Å²) in [5.74, 6) is -0.327. The number of phosphoric ester groups is 1. The Kier molecular flexibility index (Phi) is 39.9. The van der Waals surface area contributed by atoms with Crippen LogP contribution in [-0.4, -0.2) is 70.7 Å². The van der Waals surface area contributed by atoms with E-state index in [0.717, 1.165) is 32.1 Å². The second-order valence-electron chi connectivity index (χ2n) is 17.5. The number of nitrogens with zero attached hydrogens (tertiary/aromatic N) is 1. The SMILES string of the molecule is CCCCCCCCCCCCCCCCCCCCCC(=O)OC(COCCCCCCCCCCCCCCCC)COP(=O)([O-])OCC[N+](C)(C)C. The average Bonchev–Trinajstić information content (AvgIpc) is 3.13. The number of likely N-dealkylation sites (N-methyl/N-ethyl adjacent to an activating group) is 1. The van der Waals surface area contributed by atoms with Gasteiger partial charge in [-0.25, -0.2) is 0 Å². The quantitative estimate of drug-likeness (QED) is 0.0262. The van der Waals surface area contributed by atoms with Crippen molar-refractivity contribution in [3.05, 3.63) is 0 Å². The number of quaternary nitrogens is 1. The molecular formula is C46H94NO7P. The molecule has 0 aromatic heterocycles. The maximum absolute atomic E-state index is 12.7. The Morgan fingerprint density at radius 2 is 0.836 bits per heavy atom. The van der Waals surface area contributed by atoms with Crippen LogP contribution in [0.1, 0.15) is 232 Å². The lowest BCUT2D eigenvalue weighted by Gasteiger charge is -2.28. The molecule has 0 rings (SSSR count). The second-order valence-corrected chi connectivity index (χ2v) is 18.9. The molecule has 0 heterocycles. The van der Waals surface area contributed by atoms with Crippen LogP contribution in [0.25, 0.3) is 0 Å². The topological polar surface area (TPSA) is 94.1 Å². The van der Waals surface area contributed by atoms with Gasteiger partial charge < -0.3 is 27.9 Å². The first kappa shape index (κ1) is 54.5. The molecule has 2 atom stereocenters. The molecule has 0 spiro atoms. The molecule has 0 radical (unpaired) electrons. The van der Waals surface area contributed by atoms with Gasteiger partial charge in [0, 0.05) is 13.0 Å². The predicted octanol–water partition coefficient (Wildman–Crippen LogP) is 13.4. The number of phosphoric acid groups is 1. The summed E-state index contributed by atoms with van der Waals surface area (Å²) in [6.45, 7) is 5.48. The van der Waals surface area contributed by atoms with E-state index < -0.39 is 13.9 Å². The van der Waals surface area contributed by atoms with E-state index in [1.54, 1.807) is 0 Å². The third-order valence-corrected chi connectivity index (χ3v) is 11.6. The molecule has 0 bridgehead atoms. The summed E-state index contributed by atoms with van der Waals surface area (Å²) in [7, 11) is 1.38. The van der Waals surface area contributed by atoms with E-state index in [1.165, 1.54) is 180 Å². The van der Waals surface area contributed by atoms with Crippen molar-refractivity contribution in [1.82, 2.24) is 0 Å². The fourth-order valence-corrected chi connectivity index (χ4v) is 7.69. The number of esters is 1. The molecule has 0 fully saturated rings. The Hall–Kier alpha value is -0.500. The second kappa shape index (κ2) is 40.3. The lowest BCUT2D eigenvalue weighted by Crippen LogP contribution is -2.37. The van der Waals surface area contributed by atoms with Crippen LogP contribution < -0.4 is 4.89 Å². The molecule has 8 nitrogen and oxygen atoms in total. The molecule has 0 aliphatic heterocycles. The van der Waals surface area contributed by atoms with Gasteiger partial charge in [0.2, 0.25) is 0 Å². The van der Waals surface area contributed by atoms with Crippen LogP contribution in [-0.2, 0) is 27.9 Å². The molecule has 0 N–H and O–H groups in total. The van der Waals surface area contributed by atoms with Crippen molar-refractivity contribution in [2.75, 3.05) is 54.1 Å². The lowest BCUT2D eigenvalue weighted by atomic mass is 10.0. The monoisotopic (exact) mass is 804 g/mol. The number of hydrogen-bond acceptors (Lipinski definition) is 7. The molecule has 0 saturated heterocycles.